The third-order valence-electron chi connectivity index (χ3n) is 4.30. The van der Waals surface area contributed by atoms with E-state index < -0.39 is 17.7 Å². The van der Waals surface area contributed by atoms with E-state index in [1.54, 1.807) is 13.0 Å². The van der Waals surface area contributed by atoms with Crippen molar-refractivity contribution in [3.8, 4) is 0 Å². The van der Waals surface area contributed by atoms with Crippen LogP contribution >= 0.6 is 23.2 Å². The fraction of sp³-hybridized carbons (Fsp3) is 0.167. The second-order valence-corrected chi connectivity index (χ2v) is 6.69. The van der Waals surface area contributed by atoms with Crippen LogP contribution < -0.4 is 4.90 Å². The van der Waals surface area contributed by atoms with Gasteiger partial charge >= 0.3 is 0 Å². The number of hydrogen-bond acceptors (Lipinski definition) is 3. The third-order valence-corrected chi connectivity index (χ3v) is 5.11. The second kappa shape index (κ2) is 6.14. The Morgan fingerprint density at radius 1 is 1.12 bits per heavy atom. The van der Waals surface area contributed by atoms with Crippen molar-refractivity contribution in [1.82, 2.24) is 0 Å². The molecule has 0 bridgehead atoms. The first-order valence-corrected chi connectivity index (χ1v) is 8.53. The zero-order chi connectivity index (χ0) is 18.6. The molecule has 0 saturated heterocycles. The van der Waals surface area contributed by atoms with Crippen LogP contribution in [0.4, 0.5) is 14.5 Å². The average molecular weight is 394 g/mol. The Morgan fingerprint density at radius 2 is 1.81 bits per heavy atom. The van der Waals surface area contributed by atoms with Gasteiger partial charge < -0.3 is 0 Å². The lowest BCUT2D eigenvalue weighted by Crippen LogP contribution is -2.37. The highest BCUT2D eigenvalue weighted by atomic mass is 35.5. The summed E-state index contributed by atoms with van der Waals surface area (Å²) in [5.41, 5.74) is 0.237. The first-order valence-electron chi connectivity index (χ1n) is 7.78. The lowest BCUT2D eigenvalue weighted by molar-refractivity contribution is -0.115. The van der Waals surface area contributed by atoms with Crippen LogP contribution in [0.1, 0.15) is 18.1 Å². The van der Waals surface area contributed by atoms with Crippen molar-refractivity contribution in [1.29, 1.82) is 0 Å². The van der Waals surface area contributed by atoms with Gasteiger partial charge in [0.15, 0.2) is 0 Å². The molecule has 0 aliphatic carbocycles. The van der Waals surface area contributed by atoms with Crippen molar-refractivity contribution < 1.29 is 13.6 Å². The summed E-state index contributed by atoms with van der Waals surface area (Å²) < 4.78 is 29.0. The molecule has 0 spiro atoms. The molecule has 2 aliphatic rings. The van der Waals surface area contributed by atoms with E-state index in [4.69, 9.17) is 23.2 Å². The van der Waals surface area contributed by atoms with Crippen LogP contribution in [-0.2, 0) is 4.79 Å². The number of anilines is 1. The van der Waals surface area contributed by atoms with E-state index in [2.05, 4.69) is 9.98 Å². The van der Waals surface area contributed by atoms with E-state index in [1.807, 2.05) is 0 Å². The average Bonchev–Trinajstić information content (AvgIpc) is 2.92. The number of hydrogen-bond donors (Lipinski definition) is 0. The van der Waals surface area contributed by atoms with E-state index in [0.29, 0.717) is 11.5 Å². The molecule has 0 saturated carbocycles. The van der Waals surface area contributed by atoms with Gasteiger partial charge in [0.05, 0.1) is 27.0 Å². The van der Waals surface area contributed by atoms with Crippen LogP contribution in [0.2, 0.25) is 10.0 Å². The van der Waals surface area contributed by atoms with E-state index in [-0.39, 0.29) is 39.3 Å². The van der Waals surface area contributed by atoms with Gasteiger partial charge in [-0.15, -0.1) is 0 Å². The molecule has 26 heavy (non-hydrogen) atoms. The number of aliphatic imine (C=N–C) groups is 2. The molecule has 0 aromatic heterocycles. The number of amides is 1. The molecule has 8 heteroatoms. The van der Waals surface area contributed by atoms with Crippen LogP contribution in [0, 0.1) is 11.6 Å². The number of benzene rings is 2. The van der Waals surface area contributed by atoms with Crippen LogP contribution in [0.25, 0.3) is 0 Å². The SMILES string of the molecule is C[C@@H]1N=C(c2c(F)cccc2F)c2c(ccc(Cl)c2Cl)N2C(=O)CN=C12. The van der Waals surface area contributed by atoms with E-state index in [1.165, 1.54) is 17.0 Å². The molecule has 1 amide bonds. The Morgan fingerprint density at radius 3 is 2.50 bits per heavy atom. The highest BCUT2D eigenvalue weighted by Crippen LogP contribution is 2.39. The van der Waals surface area contributed by atoms with E-state index >= 15 is 0 Å². The van der Waals surface area contributed by atoms with Crippen molar-refractivity contribution in [3.63, 3.8) is 0 Å². The number of halogens is 4. The zero-order valence-corrected chi connectivity index (χ0v) is 14.9. The van der Waals surface area contributed by atoms with E-state index in [0.717, 1.165) is 12.1 Å². The van der Waals surface area contributed by atoms with Gasteiger partial charge in [-0.2, -0.15) is 0 Å². The smallest absolute Gasteiger partial charge is 0.254 e. The summed E-state index contributed by atoms with van der Waals surface area (Å²) in [5.74, 6) is -1.43. The first kappa shape index (κ1) is 17.1. The van der Waals surface area contributed by atoms with Crippen molar-refractivity contribution in [2.24, 2.45) is 9.98 Å². The van der Waals surface area contributed by atoms with Gasteiger partial charge in [-0.05, 0) is 31.2 Å². The molecule has 0 N–H and O–H groups in total. The molecule has 4 rings (SSSR count). The van der Waals surface area contributed by atoms with Gasteiger partial charge in [-0.25, -0.2) is 8.78 Å². The predicted molar refractivity (Wildman–Crippen MR) is 97.7 cm³/mol. The minimum Gasteiger partial charge on any atom is -0.273 e. The topological polar surface area (TPSA) is 45.0 Å². The minimum atomic E-state index is -0.784. The molecule has 2 aliphatic heterocycles. The summed E-state index contributed by atoms with van der Waals surface area (Å²) in [7, 11) is 0. The number of nitrogens with zero attached hydrogens (tertiary/aromatic N) is 3. The lowest BCUT2D eigenvalue weighted by Gasteiger charge is -2.21. The van der Waals surface area contributed by atoms with Crippen LogP contribution in [-0.4, -0.2) is 30.0 Å². The van der Waals surface area contributed by atoms with Gasteiger partial charge in [0.1, 0.15) is 30.1 Å². The molecule has 2 heterocycles. The van der Waals surface area contributed by atoms with E-state index in [9.17, 15) is 13.6 Å². The number of fused-ring (bicyclic) bond motifs is 3. The molecular weight excluding hydrogens is 383 g/mol. The fourth-order valence-electron chi connectivity index (χ4n) is 3.18. The fourth-order valence-corrected chi connectivity index (χ4v) is 3.58. The summed E-state index contributed by atoms with van der Waals surface area (Å²) in [4.78, 5) is 22.4. The van der Waals surface area contributed by atoms with Gasteiger partial charge in [0.2, 0.25) is 0 Å². The first-order chi connectivity index (χ1) is 12.4. The maximum absolute atomic E-state index is 14.5. The van der Waals surface area contributed by atoms with Crippen LogP contribution in [0.3, 0.4) is 0 Å². The van der Waals surface area contributed by atoms with Gasteiger partial charge in [0, 0.05) is 5.56 Å². The molecule has 0 fully saturated rings. The maximum atomic E-state index is 14.5. The molecule has 0 unspecified atom stereocenters. The summed E-state index contributed by atoms with van der Waals surface area (Å²) >= 11 is 12.5. The quantitative estimate of drug-likeness (QED) is 0.713. The maximum Gasteiger partial charge on any atom is 0.254 e. The highest BCUT2D eigenvalue weighted by Gasteiger charge is 2.37. The van der Waals surface area contributed by atoms with Crippen molar-refractivity contribution >= 4 is 46.3 Å². The van der Waals surface area contributed by atoms with Gasteiger partial charge in [0.25, 0.3) is 5.91 Å². The Hall–Kier alpha value is -2.31. The molecule has 2 aromatic carbocycles. The zero-order valence-electron chi connectivity index (χ0n) is 13.4. The van der Waals surface area contributed by atoms with Gasteiger partial charge in [-0.1, -0.05) is 29.3 Å². The Labute approximate surface area is 157 Å². The molecule has 1 atom stereocenters. The van der Waals surface area contributed by atoms with Crippen molar-refractivity contribution in [2.75, 3.05) is 11.4 Å². The standard InChI is InChI=1S/C18H11Cl2F2N3O/c1-8-18-23-7-13(26)25(18)12-6-5-9(19)16(20)15(12)17(24-8)14-10(21)3-2-4-11(14)22/h2-6,8H,7H2,1H3/t8-/m0/s1. The molecule has 132 valence electrons. The van der Waals surface area contributed by atoms with Crippen LogP contribution in [0.5, 0.6) is 0 Å². The number of carbonyl (C=O) groups excluding carboxylic acids is 1. The number of carbonyl (C=O) groups is 1. The number of amidine groups is 1. The predicted octanol–water partition coefficient (Wildman–Crippen LogP) is 4.26. The van der Waals surface area contributed by atoms with Gasteiger partial charge in [-0.3, -0.25) is 19.7 Å². The van der Waals surface area contributed by atoms with Crippen LogP contribution in [0.15, 0.2) is 40.3 Å². The lowest BCUT2D eigenvalue weighted by atomic mass is 9.99. The van der Waals surface area contributed by atoms with Crippen molar-refractivity contribution in [2.45, 2.75) is 13.0 Å². The highest BCUT2D eigenvalue weighted by molar-refractivity contribution is 6.46. The minimum absolute atomic E-state index is 0.000463. The summed E-state index contributed by atoms with van der Waals surface area (Å²) in [6.07, 6.45) is 0. The Kier molecular flexibility index (Phi) is 4.04. The normalized spacial score (nSPS) is 18.9. The second-order valence-electron chi connectivity index (χ2n) is 5.91. The Balaban J connectivity index is 2.10. The summed E-state index contributed by atoms with van der Waals surface area (Å²) in [6.45, 7) is 1.68. The van der Waals surface area contributed by atoms with Crippen molar-refractivity contribution in [3.05, 3.63) is 63.1 Å². The molecule has 4 nitrogen and oxygen atoms in total. The number of rotatable bonds is 1. The summed E-state index contributed by atoms with van der Waals surface area (Å²) in [5, 5.41) is 0.258. The molecule has 0 radical (unpaired) electrons. The molecular formula is C18H11Cl2F2N3O. The largest absolute Gasteiger partial charge is 0.273 e. The monoisotopic (exact) mass is 393 g/mol. The Bertz CT molecular complexity index is 999. The third kappa shape index (κ3) is 2.44. The molecule has 2 aromatic rings. The summed E-state index contributed by atoms with van der Waals surface area (Å²) in [6, 6.07) is 6.04.